The minimum absolute atomic E-state index is 0.141. The monoisotopic (exact) mass is 203 g/mol. The highest BCUT2D eigenvalue weighted by atomic mass is 32.2. The van der Waals surface area contributed by atoms with E-state index in [0.717, 1.165) is 19.3 Å². The van der Waals surface area contributed by atoms with Crippen LogP contribution in [0.15, 0.2) is 0 Å². The van der Waals surface area contributed by atoms with Crippen molar-refractivity contribution in [1.29, 1.82) is 0 Å². The Kier molecular flexibility index (Phi) is 4.96. The Morgan fingerprint density at radius 1 is 1.38 bits per heavy atom. The Balaban J connectivity index is 2.29. The van der Waals surface area contributed by atoms with Gasteiger partial charge < -0.3 is 5.73 Å². The van der Waals surface area contributed by atoms with Gasteiger partial charge in [-0.15, -0.1) is 0 Å². The van der Waals surface area contributed by atoms with Crippen molar-refractivity contribution in [2.24, 2.45) is 5.73 Å². The Morgan fingerprint density at radius 3 is 2.54 bits per heavy atom. The maximum Gasteiger partial charge on any atom is 0.0389 e. The molecule has 1 aliphatic rings. The van der Waals surface area contributed by atoms with E-state index in [4.69, 9.17) is 5.73 Å². The molecule has 0 spiro atoms. The summed E-state index contributed by atoms with van der Waals surface area (Å²) in [7, 11) is -0.661. The van der Waals surface area contributed by atoms with Crippen LogP contribution in [0.25, 0.3) is 0 Å². The van der Waals surface area contributed by atoms with Crippen LogP contribution in [0.4, 0.5) is 0 Å². The number of rotatable bonds is 4. The normalized spacial score (nSPS) is 24.2. The van der Waals surface area contributed by atoms with Crippen molar-refractivity contribution in [3.63, 3.8) is 0 Å². The van der Waals surface area contributed by atoms with Crippen molar-refractivity contribution in [2.45, 2.75) is 56.7 Å². The van der Waals surface area contributed by atoms with E-state index < -0.39 is 10.8 Å². The van der Waals surface area contributed by atoms with Gasteiger partial charge >= 0.3 is 0 Å². The Hall–Kier alpha value is 0.110. The first kappa shape index (κ1) is 11.2. The lowest BCUT2D eigenvalue weighted by molar-refractivity contribution is 0.503. The van der Waals surface area contributed by atoms with Gasteiger partial charge in [0.25, 0.3) is 0 Å². The highest BCUT2D eigenvalue weighted by molar-refractivity contribution is 7.85. The van der Waals surface area contributed by atoms with Crippen LogP contribution in [0, 0.1) is 0 Å². The fraction of sp³-hybridized carbons (Fsp3) is 1.00. The highest BCUT2D eigenvalue weighted by Crippen LogP contribution is 2.22. The third-order valence-corrected chi connectivity index (χ3v) is 4.80. The Labute approximate surface area is 83.7 Å². The third-order valence-electron chi connectivity index (χ3n) is 2.83. The van der Waals surface area contributed by atoms with Crippen molar-refractivity contribution in [3.05, 3.63) is 0 Å². The van der Waals surface area contributed by atoms with Crippen LogP contribution in [0.3, 0.4) is 0 Å². The molecule has 2 N–H and O–H groups in total. The summed E-state index contributed by atoms with van der Waals surface area (Å²) in [4.78, 5) is 0. The van der Waals surface area contributed by atoms with Crippen LogP contribution >= 0.6 is 0 Å². The molecule has 0 bridgehead atoms. The molecule has 0 aromatic heterocycles. The highest BCUT2D eigenvalue weighted by Gasteiger charge is 2.20. The number of hydrogen-bond donors (Lipinski definition) is 1. The van der Waals surface area contributed by atoms with E-state index in [1.54, 1.807) is 0 Å². The third kappa shape index (κ3) is 3.77. The molecule has 2 nitrogen and oxygen atoms in total. The molecule has 13 heavy (non-hydrogen) atoms. The lowest BCUT2D eigenvalue weighted by Crippen LogP contribution is -2.31. The van der Waals surface area contributed by atoms with Crippen LogP contribution in [0.5, 0.6) is 0 Å². The molecule has 0 saturated heterocycles. The van der Waals surface area contributed by atoms with Crippen LogP contribution in [0.1, 0.15) is 45.4 Å². The second-order valence-corrected chi connectivity index (χ2v) is 5.74. The van der Waals surface area contributed by atoms with Gasteiger partial charge in [-0.05, 0) is 19.3 Å². The average molecular weight is 203 g/mol. The summed E-state index contributed by atoms with van der Waals surface area (Å²) in [6, 6.07) is 0.141. The minimum Gasteiger partial charge on any atom is -0.327 e. The first-order valence-corrected chi connectivity index (χ1v) is 6.75. The summed E-state index contributed by atoms with van der Waals surface area (Å²) in [6.07, 6.45) is 7.10. The molecule has 0 radical (unpaired) electrons. The summed E-state index contributed by atoms with van der Waals surface area (Å²) in [5, 5.41) is 0.450. The quantitative estimate of drug-likeness (QED) is 0.757. The molecule has 0 aliphatic heterocycles. The van der Waals surface area contributed by atoms with E-state index in [1.807, 2.05) is 0 Å². The van der Waals surface area contributed by atoms with Crippen molar-refractivity contribution in [3.8, 4) is 0 Å². The topological polar surface area (TPSA) is 43.1 Å². The van der Waals surface area contributed by atoms with Crippen molar-refractivity contribution in [2.75, 3.05) is 5.75 Å². The fourth-order valence-corrected chi connectivity index (χ4v) is 3.58. The molecule has 0 aromatic rings. The molecule has 2 atom stereocenters. The fourth-order valence-electron chi connectivity index (χ4n) is 1.79. The molecular formula is C10H21NOS. The molecular weight excluding hydrogens is 182 g/mol. The summed E-state index contributed by atoms with van der Waals surface area (Å²) >= 11 is 0. The lowest BCUT2D eigenvalue weighted by atomic mass is 10.0. The van der Waals surface area contributed by atoms with E-state index in [-0.39, 0.29) is 6.04 Å². The predicted octanol–water partition coefficient (Wildman–Crippen LogP) is 1.81. The average Bonchev–Trinajstić information content (AvgIpc) is 2.19. The molecule has 1 rings (SSSR count). The zero-order chi connectivity index (χ0) is 9.68. The largest absolute Gasteiger partial charge is 0.327 e. The van der Waals surface area contributed by atoms with Crippen molar-refractivity contribution in [1.82, 2.24) is 0 Å². The Bertz CT molecular complexity index is 166. The maximum absolute atomic E-state index is 11.8. The van der Waals surface area contributed by atoms with Gasteiger partial charge in [0.1, 0.15) is 0 Å². The van der Waals surface area contributed by atoms with Crippen LogP contribution < -0.4 is 5.73 Å². The van der Waals surface area contributed by atoms with Gasteiger partial charge in [0, 0.05) is 27.8 Å². The second kappa shape index (κ2) is 5.76. The number of nitrogens with two attached hydrogens (primary N) is 1. The van der Waals surface area contributed by atoms with Crippen molar-refractivity contribution >= 4 is 10.8 Å². The molecule has 3 heteroatoms. The van der Waals surface area contributed by atoms with Gasteiger partial charge in [0.15, 0.2) is 0 Å². The summed E-state index contributed by atoms with van der Waals surface area (Å²) in [5.41, 5.74) is 5.79. The lowest BCUT2D eigenvalue weighted by Gasteiger charge is -2.22. The van der Waals surface area contributed by atoms with Crippen molar-refractivity contribution < 1.29 is 4.21 Å². The minimum atomic E-state index is -0.661. The van der Waals surface area contributed by atoms with E-state index in [0.29, 0.717) is 11.0 Å². The summed E-state index contributed by atoms with van der Waals surface area (Å²) in [6.45, 7) is 2.06. The molecule has 0 amide bonds. The molecule has 78 valence electrons. The molecule has 1 aliphatic carbocycles. The summed E-state index contributed by atoms with van der Waals surface area (Å²) in [5.74, 6) is 0.709. The van der Waals surface area contributed by atoms with Gasteiger partial charge in [-0.1, -0.05) is 26.2 Å². The molecule has 1 saturated carbocycles. The van der Waals surface area contributed by atoms with Gasteiger partial charge in [-0.2, -0.15) is 0 Å². The van der Waals surface area contributed by atoms with Gasteiger partial charge in [0.2, 0.25) is 0 Å². The van der Waals surface area contributed by atoms with E-state index in [1.165, 1.54) is 19.3 Å². The number of hydrogen-bond acceptors (Lipinski definition) is 2. The van der Waals surface area contributed by atoms with Gasteiger partial charge in [-0.25, -0.2) is 0 Å². The molecule has 2 unspecified atom stereocenters. The summed E-state index contributed by atoms with van der Waals surface area (Å²) < 4.78 is 11.8. The SMILES string of the molecule is CCC(N)CS(=O)C1CCCCC1. The zero-order valence-corrected chi connectivity index (χ0v) is 9.31. The van der Waals surface area contributed by atoms with E-state index >= 15 is 0 Å². The Morgan fingerprint density at radius 2 is 2.00 bits per heavy atom. The second-order valence-electron chi connectivity index (χ2n) is 3.98. The first-order valence-electron chi connectivity index (χ1n) is 5.36. The smallest absolute Gasteiger partial charge is 0.0389 e. The van der Waals surface area contributed by atoms with E-state index in [9.17, 15) is 4.21 Å². The van der Waals surface area contributed by atoms with E-state index in [2.05, 4.69) is 6.92 Å². The zero-order valence-electron chi connectivity index (χ0n) is 8.50. The van der Waals surface area contributed by atoms with Gasteiger partial charge in [0.05, 0.1) is 0 Å². The van der Waals surface area contributed by atoms with Crippen LogP contribution in [-0.2, 0) is 10.8 Å². The first-order chi connectivity index (χ1) is 6.24. The molecule has 1 fully saturated rings. The molecule has 0 aromatic carbocycles. The van der Waals surface area contributed by atoms with Crippen LogP contribution in [-0.4, -0.2) is 21.3 Å². The maximum atomic E-state index is 11.8. The van der Waals surface area contributed by atoms with Crippen LogP contribution in [0.2, 0.25) is 0 Å². The van der Waals surface area contributed by atoms with Gasteiger partial charge in [-0.3, -0.25) is 4.21 Å². The standard InChI is InChI=1S/C10H21NOS/c1-2-9(11)8-13(12)10-6-4-3-5-7-10/h9-10H,2-8,11H2,1H3. The predicted molar refractivity (Wildman–Crippen MR) is 58.1 cm³/mol. The molecule has 0 heterocycles.